The molecule has 1 saturated heterocycles. The van der Waals surface area contributed by atoms with Gasteiger partial charge >= 0.3 is 0 Å². The van der Waals surface area contributed by atoms with Crippen LogP contribution in [0.25, 0.3) is 32.6 Å². The van der Waals surface area contributed by atoms with Crippen LogP contribution in [0.5, 0.6) is 5.75 Å². The van der Waals surface area contributed by atoms with E-state index < -0.39 is 11.6 Å². The van der Waals surface area contributed by atoms with Crippen molar-refractivity contribution in [3.05, 3.63) is 65.3 Å². The predicted octanol–water partition coefficient (Wildman–Crippen LogP) is 5.13. The average Bonchev–Trinajstić information content (AvgIpc) is 3.63. The molecule has 1 fully saturated rings. The number of nitrogens with zero attached hydrogens (tertiary/aromatic N) is 5. The first-order valence-corrected chi connectivity index (χ1v) is 14.9. The maximum absolute atomic E-state index is 15.9. The second-order valence-corrected chi connectivity index (χ2v) is 11.6. The molecule has 5 heterocycles. The molecule has 11 heteroatoms. The minimum absolute atomic E-state index is 0.0451. The van der Waals surface area contributed by atoms with E-state index in [-0.39, 0.29) is 42.4 Å². The number of amides is 1. The van der Waals surface area contributed by atoms with Gasteiger partial charge in [0.25, 0.3) is 0 Å². The van der Waals surface area contributed by atoms with Crippen LogP contribution in [-0.2, 0) is 16.1 Å². The second-order valence-electron chi connectivity index (χ2n) is 10.7. The third kappa shape index (κ3) is 5.42. The Kier molecular flexibility index (Phi) is 8.01. The number of ether oxygens (including phenoxy) is 2. The molecule has 0 spiro atoms. The summed E-state index contributed by atoms with van der Waals surface area (Å²) in [5.41, 5.74) is 2.83. The van der Waals surface area contributed by atoms with Gasteiger partial charge in [-0.1, -0.05) is 12.5 Å². The summed E-state index contributed by atoms with van der Waals surface area (Å²) in [5, 5.41) is 7.56. The smallest absolute Gasteiger partial charge is 0.246 e. The lowest BCUT2D eigenvalue weighted by Gasteiger charge is -2.33. The van der Waals surface area contributed by atoms with Crippen molar-refractivity contribution in [2.24, 2.45) is 5.92 Å². The normalized spacial score (nSPS) is 16.9. The molecule has 1 unspecified atom stereocenters. The van der Waals surface area contributed by atoms with Crippen molar-refractivity contribution in [3.8, 4) is 40.1 Å². The fraction of sp³-hybridized carbons (Fsp3) is 0.344. The highest BCUT2D eigenvalue weighted by molar-refractivity contribution is 7.17. The van der Waals surface area contributed by atoms with Crippen LogP contribution < -0.4 is 4.74 Å². The van der Waals surface area contributed by atoms with E-state index in [2.05, 4.69) is 30.4 Å². The summed E-state index contributed by atoms with van der Waals surface area (Å²) >= 11 is 1.42. The maximum atomic E-state index is 15.9. The minimum atomic E-state index is -0.776. The van der Waals surface area contributed by atoms with Crippen molar-refractivity contribution in [3.63, 3.8) is 0 Å². The molecule has 4 aromatic rings. The summed E-state index contributed by atoms with van der Waals surface area (Å²) in [5.74, 6) is 5.22. The molecule has 8 nitrogen and oxygen atoms in total. The van der Waals surface area contributed by atoms with E-state index in [9.17, 15) is 9.18 Å². The number of aromatic nitrogens is 3. The van der Waals surface area contributed by atoms with Crippen LogP contribution in [0.4, 0.5) is 8.78 Å². The summed E-state index contributed by atoms with van der Waals surface area (Å²) in [6.07, 6.45) is 1.31. The Morgan fingerprint density at radius 2 is 2.02 bits per heavy atom. The molecule has 0 saturated carbocycles. The fourth-order valence-electron chi connectivity index (χ4n) is 5.68. The molecule has 1 amide bonds. The number of likely N-dealkylation sites (tertiary alicyclic amines) is 1. The SMILES string of the molecule is C=CC(=O)N1CCn2nc(-c3nc(C#CC4CN(C)C4)c4ccsc4c3-c3c(F)cc(F)cc3OCCOC)cc2C1C. The number of benzene rings is 1. The van der Waals surface area contributed by atoms with Gasteiger partial charge in [0.2, 0.25) is 5.91 Å². The lowest BCUT2D eigenvalue weighted by Crippen LogP contribution is -2.42. The lowest BCUT2D eigenvalue weighted by molar-refractivity contribution is -0.129. The molecule has 1 atom stereocenters. The Morgan fingerprint density at radius 1 is 1.21 bits per heavy atom. The number of fused-ring (bicyclic) bond motifs is 2. The Balaban J connectivity index is 1.57. The molecule has 2 aliphatic rings. The average molecular weight is 604 g/mol. The minimum Gasteiger partial charge on any atom is -0.490 e. The van der Waals surface area contributed by atoms with Crippen molar-refractivity contribution < 1.29 is 23.0 Å². The Morgan fingerprint density at radius 3 is 2.77 bits per heavy atom. The molecular weight excluding hydrogens is 572 g/mol. The number of carbonyl (C=O) groups is 1. The highest BCUT2D eigenvalue weighted by Gasteiger charge is 2.31. The maximum Gasteiger partial charge on any atom is 0.246 e. The van der Waals surface area contributed by atoms with E-state index in [0.29, 0.717) is 35.7 Å². The topological polar surface area (TPSA) is 72.7 Å². The summed E-state index contributed by atoms with van der Waals surface area (Å²) in [6.45, 7) is 8.64. The molecule has 43 heavy (non-hydrogen) atoms. The largest absolute Gasteiger partial charge is 0.490 e. The molecule has 3 aromatic heterocycles. The molecule has 0 aliphatic carbocycles. The summed E-state index contributed by atoms with van der Waals surface area (Å²) in [7, 11) is 3.58. The van der Waals surface area contributed by atoms with Gasteiger partial charge in [-0.25, -0.2) is 13.8 Å². The molecule has 222 valence electrons. The fourth-order valence-corrected chi connectivity index (χ4v) is 6.62. The van der Waals surface area contributed by atoms with Gasteiger partial charge in [-0.2, -0.15) is 5.10 Å². The van der Waals surface area contributed by atoms with Gasteiger partial charge < -0.3 is 19.3 Å². The van der Waals surface area contributed by atoms with Gasteiger partial charge in [-0.05, 0) is 43.5 Å². The Hall–Kier alpha value is -4.11. The van der Waals surface area contributed by atoms with Crippen LogP contribution in [0.1, 0.15) is 24.4 Å². The van der Waals surface area contributed by atoms with Crippen LogP contribution in [0.2, 0.25) is 0 Å². The Bertz CT molecular complexity index is 1780. The van der Waals surface area contributed by atoms with Crippen molar-refractivity contribution >= 4 is 27.3 Å². The highest BCUT2D eigenvalue weighted by Crippen LogP contribution is 2.45. The van der Waals surface area contributed by atoms with Gasteiger partial charge in [0, 0.05) is 60.4 Å². The van der Waals surface area contributed by atoms with Crippen molar-refractivity contribution in [1.29, 1.82) is 0 Å². The predicted molar refractivity (Wildman–Crippen MR) is 162 cm³/mol. The first-order valence-electron chi connectivity index (χ1n) is 14.0. The quantitative estimate of drug-likeness (QED) is 0.166. The molecule has 2 aliphatic heterocycles. The van der Waals surface area contributed by atoms with Gasteiger partial charge in [0.1, 0.15) is 41.1 Å². The number of hydrogen-bond acceptors (Lipinski definition) is 7. The monoisotopic (exact) mass is 603 g/mol. The number of methoxy groups -OCH3 is 1. The standard InChI is InChI=1S/C32H31F2N5O3S/c1-5-28(40)38-9-10-39-26(19(38)2)16-25(36-39)31-30(29-23(34)14-21(33)15-27(29)42-12-11-41-4)32-22(8-13-43-32)24(35-31)7-6-20-17-37(3)18-20/h5,8,13-16,19-20H,1,9-12,17-18H2,2-4H3. The van der Waals surface area contributed by atoms with Crippen molar-refractivity contribution in [1.82, 2.24) is 24.6 Å². The zero-order chi connectivity index (χ0) is 30.2. The van der Waals surface area contributed by atoms with Crippen LogP contribution in [0, 0.1) is 29.4 Å². The number of rotatable bonds is 7. The highest BCUT2D eigenvalue weighted by atomic mass is 32.1. The molecule has 0 N–H and O–H groups in total. The Labute approximate surface area is 252 Å². The van der Waals surface area contributed by atoms with Crippen molar-refractivity contribution in [2.45, 2.75) is 19.5 Å². The lowest BCUT2D eigenvalue weighted by atomic mass is 9.97. The van der Waals surface area contributed by atoms with Crippen molar-refractivity contribution in [2.75, 3.05) is 47.0 Å². The van der Waals surface area contributed by atoms with E-state index in [1.165, 1.54) is 30.6 Å². The van der Waals surface area contributed by atoms with Gasteiger partial charge in [0.15, 0.2) is 0 Å². The molecule has 0 radical (unpaired) electrons. The van der Waals surface area contributed by atoms with E-state index in [0.717, 1.165) is 34.9 Å². The van der Waals surface area contributed by atoms with Gasteiger partial charge in [0.05, 0.1) is 30.5 Å². The summed E-state index contributed by atoms with van der Waals surface area (Å²) in [4.78, 5) is 21.5. The molecule has 6 rings (SSSR count). The molecule has 0 bridgehead atoms. The van der Waals surface area contributed by atoms with Crippen LogP contribution in [0.15, 0.2) is 42.3 Å². The van der Waals surface area contributed by atoms with Crippen LogP contribution in [-0.4, -0.2) is 77.5 Å². The third-order valence-electron chi connectivity index (χ3n) is 7.84. The van der Waals surface area contributed by atoms with E-state index in [4.69, 9.17) is 19.6 Å². The first kappa shape index (κ1) is 29.0. The van der Waals surface area contributed by atoms with E-state index >= 15 is 4.39 Å². The van der Waals surface area contributed by atoms with Crippen LogP contribution >= 0.6 is 11.3 Å². The molecular formula is C32H31F2N5O3S. The zero-order valence-corrected chi connectivity index (χ0v) is 25.0. The number of thiophene rings is 1. The van der Waals surface area contributed by atoms with Crippen LogP contribution in [0.3, 0.4) is 0 Å². The van der Waals surface area contributed by atoms with E-state index in [1.54, 1.807) is 4.90 Å². The van der Waals surface area contributed by atoms with Gasteiger partial charge in [-0.15, -0.1) is 11.3 Å². The number of pyridine rings is 1. The van der Waals surface area contributed by atoms with Gasteiger partial charge in [-0.3, -0.25) is 9.48 Å². The first-order chi connectivity index (χ1) is 20.8. The number of carbonyl (C=O) groups excluding carboxylic acids is 1. The summed E-state index contributed by atoms with van der Waals surface area (Å²) < 4.78 is 43.9. The third-order valence-corrected chi connectivity index (χ3v) is 8.77. The number of hydrogen-bond donors (Lipinski definition) is 0. The second kappa shape index (κ2) is 11.9. The molecule has 1 aromatic carbocycles. The number of halogens is 2. The summed E-state index contributed by atoms with van der Waals surface area (Å²) in [6, 6.07) is 5.56. The zero-order valence-electron chi connectivity index (χ0n) is 24.2. The van der Waals surface area contributed by atoms with E-state index in [1.807, 2.05) is 29.1 Å².